The summed E-state index contributed by atoms with van der Waals surface area (Å²) < 4.78 is 76.0. The first-order valence-electron chi connectivity index (χ1n) is 11.7. The molecule has 0 radical (unpaired) electrons. The molecular formula is C26H20F3N3O6S. The second-order valence-corrected chi connectivity index (χ2v) is 10.9. The lowest BCUT2D eigenvalue weighted by Crippen LogP contribution is -2.18. The van der Waals surface area contributed by atoms with E-state index in [0.717, 1.165) is 12.8 Å². The van der Waals surface area contributed by atoms with Crippen LogP contribution in [-0.2, 0) is 15.8 Å². The lowest BCUT2D eigenvalue weighted by atomic mass is 10.0. The summed E-state index contributed by atoms with van der Waals surface area (Å²) in [6, 6.07) is 9.63. The van der Waals surface area contributed by atoms with Gasteiger partial charge < -0.3 is 9.73 Å². The number of nitrogens with zero attached hydrogens (tertiary/aromatic N) is 1. The van der Waals surface area contributed by atoms with Crippen molar-refractivity contribution in [2.75, 3.05) is 11.8 Å². The predicted octanol–water partition coefficient (Wildman–Crippen LogP) is 5.60. The average molecular weight is 560 g/mol. The number of amides is 1. The van der Waals surface area contributed by atoms with Crippen molar-refractivity contribution in [3.63, 3.8) is 0 Å². The Kier molecular flexibility index (Phi) is 6.54. The van der Waals surface area contributed by atoms with Crippen LogP contribution in [-0.4, -0.2) is 26.3 Å². The van der Waals surface area contributed by atoms with Crippen molar-refractivity contribution in [2.24, 2.45) is 0 Å². The van der Waals surface area contributed by atoms with Gasteiger partial charge in [-0.25, -0.2) is 12.8 Å². The van der Waals surface area contributed by atoms with Gasteiger partial charge in [0, 0.05) is 24.1 Å². The van der Waals surface area contributed by atoms with E-state index in [4.69, 9.17) is 4.42 Å². The fourth-order valence-corrected chi connectivity index (χ4v) is 5.62. The van der Waals surface area contributed by atoms with Gasteiger partial charge in [0.2, 0.25) is 21.7 Å². The molecule has 1 amide bonds. The van der Waals surface area contributed by atoms with Crippen LogP contribution in [0.3, 0.4) is 0 Å². The summed E-state index contributed by atoms with van der Waals surface area (Å²) in [7, 11) is -2.80. The van der Waals surface area contributed by atoms with E-state index < -0.39 is 49.7 Å². The third-order valence-electron chi connectivity index (χ3n) is 6.32. The molecule has 5 rings (SSSR count). The highest BCUT2D eigenvalue weighted by Crippen LogP contribution is 2.47. The molecule has 0 unspecified atom stereocenters. The summed E-state index contributed by atoms with van der Waals surface area (Å²) in [6.07, 6.45) is 1.55. The van der Waals surface area contributed by atoms with Crippen molar-refractivity contribution in [2.45, 2.75) is 24.5 Å². The van der Waals surface area contributed by atoms with Crippen molar-refractivity contribution in [3.05, 3.63) is 92.8 Å². The van der Waals surface area contributed by atoms with Gasteiger partial charge in [0.1, 0.15) is 17.2 Å². The van der Waals surface area contributed by atoms with Crippen LogP contribution in [0.15, 0.2) is 52.9 Å². The van der Waals surface area contributed by atoms with E-state index in [1.54, 1.807) is 6.07 Å². The van der Waals surface area contributed by atoms with E-state index in [-0.39, 0.29) is 34.1 Å². The number of furan rings is 1. The number of sulfonamides is 1. The molecule has 13 heteroatoms. The number of hydrogen-bond donors (Lipinski definition) is 2. The van der Waals surface area contributed by atoms with Crippen molar-refractivity contribution in [3.8, 4) is 11.3 Å². The molecule has 3 aromatic carbocycles. The molecule has 0 saturated heterocycles. The zero-order valence-electron chi connectivity index (χ0n) is 20.3. The zero-order valence-corrected chi connectivity index (χ0v) is 21.1. The molecule has 1 aliphatic rings. The number of anilines is 1. The molecule has 0 aliphatic heterocycles. The Morgan fingerprint density at radius 2 is 1.72 bits per heavy atom. The van der Waals surface area contributed by atoms with Gasteiger partial charge in [-0.15, -0.1) is 0 Å². The molecule has 0 atom stereocenters. The largest absolute Gasteiger partial charge is 0.455 e. The number of carbonyl (C=O) groups excluding carboxylic acids is 1. The summed E-state index contributed by atoms with van der Waals surface area (Å²) in [5.74, 6) is -4.59. The molecule has 4 aromatic rings. The Bertz CT molecular complexity index is 1730. The highest BCUT2D eigenvalue weighted by atomic mass is 32.2. The number of halogens is 3. The summed E-state index contributed by atoms with van der Waals surface area (Å²) in [5, 5.41) is 13.8. The highest BCUT2D eigenvalue weighted by Gasteiger charge is 2.31. The van der Waals surface area contributed by atoms with Crippen molar-refractivity contribution in [1.29, 1.82) is 0 Å². The summed E-state index contributed by atoms with van der Waals surface area (Å²) >= 11 is 0. The Balaban J connectivity index is 1.56. The zero-order chi connectivity index (χ0) is 28.1. The van der Waals surface area contributed by atoms with Gasteiger partial charge in [0.25, 0.3) is 5.91 Å². The SMILES string of the molecule is CNC(=O)c1c(-c2ccc(F)cc2)oc2cc(NS(=O)(=O)Cc3cc(F)c([N+](=O)[O-])c(F)c3)c(C3CC3)cc12. The second-order valence-electron chi connectivity index (χ2n) is 9.13. The molecule has 202 valence electrons. The van der Waals surface area contributed by atoms with E-state index in [9.17, 15) is 36.5 Å². The van der Waals surface area contributed by atoms with Gasteiger partial charge in [-0.2, -0.15) is 8.78 Å². The van der Waals surface area contributed by atoms with Crippen molar-refractivity contribution >= 4 is 38.3 Å². The second kappa shape index (κ2) is 9.73. The Hall–Kier alpha value is -4.39. The Labute approximate surface area is 219 Å². The van der Waals surface area contributed by atoms with Gasteiger partial charge >= 0.3 is 5.69 Å². The fourth-order valence-electron chi connectivity index (χ4n) is 4.43. The normalized spacial score (nSPS) is 13.4. The number of nitro benzene ring substituents is 1. The van der Waals surface area contributed by atoms with Gasteiger partial charge in [-0.3, -0.25) is 19.6 Å². The number of hydrogen-bond acceptors (Lipinski definition) is 6. The predicted molar refractivity (Wildman–Crippen MR) is 136 cm³/mol. The number of fused-ring (bicyclic) bond motifs is 1. The van der Waals surface area contributed by atoms with E-state index in [1.165, 1.54) is 37.4 Å². The van der Waals surface area contributed by atoms with Crippen LogP contribution < -0.4 is 10.0 Å². The molecule has 9 nitrogen and oxygen atoms in total. The van der Waals surface area contributed by atoms with Crippen molar-refractivity contribution < 1.29 is 35.7 Å². The summed E-state index contributed by atoms with van der Waals surface area (Å²) in [5.41, 5.74) is -0.111. The number of benzene rings is 3. The minimum atomic E-state index is -4.25. The summed E-state index contributed by atoms with van der Waals surface area (Å²) in [6.45, 7) is 0. The maximum Gasteiger partial charge on any atom is 0.340 e. The number of rotatable bonds is 8. The molecule has 1 fully saturated rings. The van der Waals surface area contributed by atoms with Crippen LogP contribution in [0.25, 0.3) is 22.3 Å². The molecule has 1 aliphatic carbocycles. The van der Waals surface area contributed by atoms with Gasteiger partial charge in [-0.05, 0) is 72.4 Å². The highest BCUT2D eigenvalue weighted by molar-refractivity contribution is 7.91. The first-order valence-corrected chi connectivity index (χ1v) is 13.3. The topological polar surface area (TPSA) is 132 Å². The molecule has 0 bridgehead atoms. The van der Waals surface area contributed by atoms with E-state index in [1.807, 2.05) is 0 Å². The first-order chi connectivity index (χ1) is 18.5. The lowest BCUT2D eigenvalue weighted by Gasteiger charge is -2.13. The maximum absolute atomic E-state index is 14.1. The van der Waals surface area contributed by atoms with Crippen LogP contribution >= 0.6 is 0 Å². The van der Waals surface area contributed by atoms with Crippen LogP contribution in [0, 0.1) is 27.6 Å². The summed E-state index contributed by atoms with van der Waals surface area (Å²) in [4.78, 5) is 22.4. The van der Waals surface area contributed by atoms with Crippen LogP contribution in [0.2, 0.25) is 0 Å². The molecule has 0 spiro atoms. The van der Waals surface area contributed by atoms with Crippen LogP contribution in [0.5, 0.6) is 0 Å². The Morgan fingerprint density at radius 3 is 2.28 bits per heavy atom. The monoisotopic (exact) mass is 559 g/mol. The quantitative estimate of drug-likeness (QED) is 0.213. The smallest absolute Gasteiger partial charge is 0.340 e. The average Bonchev–Trinajstić information content (AvgIpc) is 3.63. The fraction of sp³-hybridized carbons (Fsp3) is 0.192. The van der Waals surface area contributed by atoms with Crippen LogP contribution in [0.1, 0.15) is 40.2 Å². The first kappa shape index (κ1) is 26.2. The van der Waals surface area contributed by atoms with Gasteiger partial charge in [0.15, 0.2) is 0 Å². The third kappa shape index (κ3) is 5.17. The molecule has 39 heavy (non-hydrogen) atoms. The minimum Gasteiger partial charge on any atom is -0.455 e. The molecule has 1 aromatic heterocycles. The Morgan fingerprint density at radius 1 is 1.08 bits per heavy atom. The van der Waals surface area contributed by atoms with Crippen LogP contribution in [0.4, 0.5) is 24.5 Å². The third-order valence-corrected chi connectivity index (χ3v) is 7.56. The van der Waals surface area contributed by atoms with Crippen molar-refractivity contribution in [1.82, 2.24) is 5.32 Å². The lowest BCUT2D eigenvalue weighted by molar-refractivity contribution is -0.390. The standard InChI is InChI=1S/C26H20F3N3O6S/c1-30-26(33)23-18-10-17(14-2-3-14)21(11-22(18)38-25(23)15-4-6-16(27)7-5-15)31-39(36,37)12-13-8-19(28)24(32(34)35)20(29)9-13/h4-11,14,31H,2-3,12H2,1H3,(H,30,33). The molecule has 2 N–H and O–H groups in total. The molecule has 1 heterocycles. The molecule has 1 saturated carbocycles. The van der Waals surface area contributed by atoms with E-state index in [2.05, 4.69) is 10.0 Å². The minimum absolute atomic E-state index is 0.00285. The number of carbonyl (C=O) groups is 1. The van der Waals surface area contributed by atoms with Gasteiger partial charge in [0.05, 0.1) is 21.9 Å². The van der Waals surface area contributed by atoms with E-state index >= 15 is 0 Å². The number of nitrogens with one attached hydrogen (secondary N) is 2. The number of nitro groups is 1. The van der Waals surface area contributed by atoms with Gasteiger partial charge in [-0.1, -0.05) is 0 Å². The van der Waals surface area contributed by atoms with E-state index in [0.29, 0.717) is 28.6 Å². The molecular weight excluding hydrogens is 539 g/mol. The maximum atomic E-state index is 14.1.